The molecule has 1 rings (SSSR count). The third-order valence-corrected chi connectivity index (χ3v) is 2.77. The molecule has 1 atom stereocenters. The summed E-state index contributed by atoms with van der Waals surface area (Å²) in [7, 11) is 0. The van der Waals surface area contributed by atoms with E-state index in [0.717, 1.165) is 12.8 Å². The quantitative estimate of drug-likeness (QED) is 0.337. The second kappa shape index (κ2) is 7.45. The summed E-state index contributed by atoms with van der Waals surface area (Å²) in [6, 6.07) is 0. The Balaban J connectivity index is 2.20. The number of ether oxygens (including phenoxy) is 3. The normalized spacial score (nSPS) is 21.1. The molecule has 6 nitrogen and oxygen atoms in total. The first-order valence-electron chi connectivity index (χ1n) is 7.23. The average molecular weight is 299 g/mol. The fraction of sp³-hybridized carbons (Fsp3) is 0.733. The number of epoxide rings is 1. The molecule has 0 spiro atoms. The first kappa shape index (κ1) is 17.5. The van der Waals surface area contributed by atoms with Crippen molar-refractivity contribution in [3.63, 3.8) is 0 Å². The van der Waals surface area contributed by atoms with Crippen molar-refractivity contribution in [3.8, 4) is 0 Å². The molecule has 1 heterocycles. The third kappa shape index (κ3) is 7.70. The van der Waals surface area contributed by atoms with Gasteiger partial charge in [0.2, 0.25) is 0 Å². The van der Waals surface area contributed by atoms with Gasteiger partial charge in [-0.05, 0) is 46.6 Å². The summed E-state index contributed by atoms with van der Waals surface area (Å²) in [6.07, 6.45) is 4.19. The monoisotopic (exact) mass is 299 g/mol. The van der Waals surface area contributed by atoms with Crippen LogP contribution in [0.4, 0.5) is 4.79 Å². The van der Waals surface area contributed by atoms with E-state index < -0.39 is 11.7 Å². The maximum absolute atomic E-state index is 11.4. The highest BCUT2D eigenvalue weighted by molar-refractivity contribution is 5.82. The number of hydrogen-bond donors (Lipinski definition) is 1. The molecule has 0 radical (unpaired) electrons. The second-order valence-electron chi connectivity index (χ2n) is 5.97. The van der Waals surface area contributed by atoms with Gasteiger partial charge < -0.3 is 19.5 Å². The second-order valence-corrected chi connectivity index (χ2v) is 5.97. The van der Waals surface area contributed by atoms with Crippen LogP contribution < -0.4 is 5.32 Å². The summed E-state index contributed by atoms with van der Waals surface area (Å²) in [6.45, 7) is 8.68. The van der Waals surface area contributed by atoms with Crippen LogP contribution in [0.15, 0.2) is 12.2 Å². The van der Waals surface area contributed by atoms with Crippen molar-refractivity contribution >= 4 is 12.1 Å². The summed E-state index contributed by atoms with van der Waals surface area (Å²) in [5.74, 6) is -0.362. The molecule has 1 N–H and O–H groups in total. The molecule has 0 aromatic heterocycles. The molecule has 0 saturated carbocycles. The lowest BCUT2D eigenvalue weighted by molar-refractivity contribution is -0.137. The number of rotatable bonds is 7. The van der Waals surface area contributed by atoms with Crippen LogP contribution in [0.2, 0.25) is 0 Å². The van der Waals surface area contributed by atoms with Crippen LogP contribution in [0.1, 0.15) is 40.5 Å². The van der Waals surface area contributed by atoms with Crippen LogP contribution in [0.25, 0.3) is 0 Å². The van der Waals surface area contributed by atoms with Crippen molar-refractivity contribution in [2.45, 2.75) is 51.7 Å². The predicted octanol–water partition coefficient (Wildman–Crippen LogP) is 2.18. The van der Waals surface area contributed by atoms with Gasteiger partial charge in [-0.3, -0.25) is 0 Å². The molecule has 6 heteroatoms. The summed E-state index contributed by atoms with van der Waals surface area (Å²) in [5, 5.41) is 2.69. The van der Waals surface area contributed by atoms with Gasteiger partial charge >= 0.3 is 12.1 Å². The lowest BCUT2D eigenvalue weighted by atomic mass is 10.0. The van der Waals surface area contributed by atoms with Crippen LogP contribution in [-0.4, -0.2) is 43.0 Å². The first-order valence-corrected chi connectivity index (χ1v) is 7.23. The Kier molecular flexibility index (Phi) is 6.20. The molecule has 1 unspecified atom stereocenters. The molecule has 1 amide bonds. The average Bonchev–Trinajstić information content (AvgIpc) is 3.11. The molecule has 21 heavy (non-hydrogen) atoms. The summed E-state index contributed by atoms with van der Waals surface area (Å²) in [4.78, 5) is 22.7. The number of alkyl carbamates (subject to hydrolysis) is 1. The highest BCUT2D eigenvalue weighted by Crippen LogP contribution is 2.33. The molecule has 120 valence electrons. The van der Waals surface area contributed by atoms with Gasteiger partial charge in [0.1, 0.15) is 11.2 Å². The number of nitrogens with one attached hydrogen (secondary N) is 1. The van der Waals surface area contributed by atoms with Crippen LogP contribution in [0.3, 0.4) is 0 Å². The minimum absolute atomic E-state index is 0.358. The van der Waals surface area contributed by atoms with Crippen molar-refractivity contribution in [1.29, 1.82) is 0 Å². The van der Waals surface area contributed by atoms with Gasteiger partial charge in [0, 0.05) is 12.6 Å². The van der Waals surface area contributed by atoms with Crippen molar-refractivity contribution in [2.24, 2.45) is 0 Å². The Bertz CT molecular complexity index is 393. The van der Waals surface area contributed by atoms with Crippen LogP contribution in [0, 0.1) is 0 Å². The van der Waals surface area contributed by atoms with E-state index in [4.69, 9.17) is 14.2 Å². The van der Waals surface area contributed by atoms with Gasteiger partial charge in [0.25, 0.3) is 0 Å². The Morgan fingerprint density at radius 2 is 2.05 bits per heavy atom. The maximum atomic E-state index is 11.4. The number of amides is 1. The molecular formula is C15H25NO5. The Morgan fingerprint density at radius 3 is 2.57 bits per heavy atom. The lowest BCUT2D eigenvalue weighted by Gasteiger charge is -2.19. The first-order chi connectivity index (χ1) is 9.76. The maximum Gasteiger partial charge on any atom is 0.407 e. The molecule has 1 aliphatic heterocycles. The number of esters is 1. The van der Waals surface area contributed by atoms with E-state index in [0.29, 0.717) is 19.8 Å². The van der Waals surface area contributed by atoms with Gasteiger partial charge in [0.15, 0.2) is 0 Å². The molecule has 0 bridgehead atoms. The predicted molar refractivity (Wildman–Crippen MR) is 77.9 cm³/mol. The van der Waals surface area contributed by atoms with E-state index in [1.807, 2.05) is 20.8 Å². The van der Waals surface area contributed by atoms with E-state index in [1.54, 1.807) is 13.0 Å². The van der Waals surface area contributed by atoms with Crippen molar-refractivity contribution in [2.75, 3.05) is 19.8 Å². The van der Waals surface area contributed by atoms with Crippen LogP contribution >= 0.6 is 0 Å². The fourth-order valence-corrected chi connectivity index (χ4v) is 1.72. The number of carbonyl (C=O) groups is 2. The molecule has 0 aromatic carbocycles. The minimum atomic E-state index is -0.493. The molecule has 1 fully saturated rings. The van der Waals surface area contributed by atoms with Crippen molar-refractivity contribution in [3.05, 3.63) is 12.2 Å². The highest BCUT2D eigenvalue weighted by atomic mass is 16.6. The van der Waals surface area contributed by atoms with Crippen molar-refractivity contribution in [1.82, 2.24) is 5.32 Å². The summed E-state index contributed by atoms with van der Waals surface area (Å²) >= 11 is 0. The zero-order valence-corrected chi connectivity index (χ0v) is 13.2. The number of carbonyl (C=O) groups excluding carboxylic acids is 2. The van der Waals surface area contributed by atoms with Gasteiger partial charge in [-0.25, -0.2) is 9.59 Å². The minimum Gasteiger partial charge on any atom is -0.463 e. The Morgan fingerprint density at radius 1 is 1.38 bits per heavy atom. The Labute approximate surface area is 125 Å². The fourth-order valence-electron chi connectivity index (χ4n) is 1.72. The lowest BCUT2D eigenvalue weighted by Crippen LogP contribution is -2.33. The third-order valence-electron chi connectivity index (χ3n) is 2.77. The van der Waals surface area contributed by atoms with E-state index in [1.165, 1.54) is 6.08 Å². The number of hydrogen-bond acceptors (Lipinski definition) is 5. The van der Waals surface area contributed by atoms with Crippen LogP contribution in [-0.2, 0) is 19.0 Å². The van der Waals surface area contributed by atoms with E-state index in [9.17, 15) is 9.59 Å². The topological polar surface area (TPSA) is 77.2 Å². The zero-order valence-electron chi connectivity index (χ0n) is 13.2. The van der Waals surface area contributed by atoms with Crippen LogP contribution in [0.5, 0.6) is 0 Å². The SMILES string of the molecule is CCOC(=O)/C=C/C1(CCCNC(=O)OC(C)(C)C)CO1. The molecule has 1 saturated heterocycles. The van der Waals surface area contributed by atoms with E-state index in [-0.39, 0.29) is 11.6 Å². The molecule has 1 aliphatic rings. The van der Waals surface area contributed by atoms with E-state index >= 15 is 0 Å². The van der Waals surface area contributed by atoms with E-state index in [2.05, 4.69) is 5.32 Å². The van der Waals surface area contributed by atoms with Gasteiger partial charge in [-0.15, -0.1) is 0 Å². The van der Waals surface area contributed by atoms with Gasteiger partial charge in [0.05, 0.1) is 13.2 Å². The standard InChI is InChI=1S/C15H25NO5/c1-5-19-12(17)7-9-15(11-20-15)8-6-10-16-13(18)21-14(2,3)4/h7,9H,5-6,8,10-11H2,1-4H3,(H,16,18)/b9-7+. The molecular weight excluding hydrogens is 274 g/mol. The summed E-state index contributed by atoms with van der Waals surface area (Å²) < 4.78 is 15.3. The largest absolute Gasteiger partial charge is 0.463 e. The highest BCUT2D eigenvalue weighted by Gasteiger charge is 2.41. The van der Waals surface area contributed by atoms with Crippen molar-refractivity contribution < 1.29 is 23.8 Å². The zero-order chi connectivity index (χ0) is 15.9. The Hall–Kier alpha value is -1.56. The van der Waals surface area contributed by atoms with Gasteiger partial charge in [-0.1, -0.05) is 0 Å². The molecule has 0 aliphatic carbocycles. The smallest absolute Gasteiger partial charge is 0.407 e. The summed E-state index contributed by atoms with van der Waals surface area (Å²) in [5.41, 5.74) is -0.865. The van der Waals surface area contributed by atoms with Gasteiger partial charge in [-0.2, -0.15) is 0 Å². The molecule has 0 aromatic rings.